The van der Waals surface area contributed by atoms with E-state index in [0.717, 1.165) is 0 Å². The van der Waals surface area contributed by atoms with Crippen molar-refractivity contribution in [2.75, 3.05) is 0 Å². The van der Waals surface area contributed by atoms with Crippen LogP contribution in [0.1, 0.15) is 15.9 Å². The summed E-state index contributed by atoms with van der Waals surface area (Å²) in [6.45, 7) is 0. The first-order chi connectivity index (χ1) is 6.88. The van der Waals surface area contributed by atoms with E-state index in [0.29, 0.717) is 11.1 Å². The standard InChI is InChI=1S/C13H8O.3Y/c14-13(11-7-3-1-4-8-11)12-9-5-2-6-10-12;;;/h1-7,9H;;;/q-2;;;. The van der Waals surface area contributed by atoms with E-state index in [1.807, 2.05) is 24.3 Å². The van der Waals surface area contributed by atoms with Crippen LogP contribution in [0.25, 0.3) is 0 Å². The van der Waals surface area contributed by atoms with Crippen LogP contribution in [0.4, 0.5) is 0 Å². The van der Waals surface area contributed by atoms with Gasteiger partial charge in [-0.2, -0.15) is 0 Å². The number of hydrogen-bond donors (Lipinski definition) is 0. The molecular weight excluding hydrogens is 439 g/mol. The number of carbonyl (C=O) groups excluding carboxylic acids is 1. The molecule has 3 radical (unpaired) electrons. The summed E-state index contributed by atoms with van der Waals surface area (Å²) in [6, 6.07) is 20.1. The first-order valence-corrected chi connectivity index (χ1v) is 4.36. The van der Waals surface area contributed by atoms with Gasteiger partial charge in [0.15, 0.2) is 0 Å². The minimum atomic E-state index is -0.0359. The maximum absolute atomic E-state index is 11.8. The fourth-order valence-corrected chi connectivity index (χ4v) is 1.21. The predicted molar refractivity (Wildman–Crippen MR) is 54.0 cm³/mol. The second-order valence-corrected chi connectivity index (χ2v) is 2.88. The quantitative estimate of drug-likeness (QED) is 0.512. The molecular formula is C13H8OY3-2. The van der Waals surface area contributed by atoms with Gasteiger partial charge in [0, 0.05) is 98.1 Å². The van der Waals surface area contributed by atoms with Gasteiger partial charge < -0.3 is 4.79 Å². The Labute approximate surface area is 177 Å². The van der Waals surface area contributed by atoms with E-state index in [2.05, 4.69) is 12.1 Å². The fourth-order valence-electron chi connectivity index (χ4n) is 1.21. The molecule has 0 aliphatic carbocycles. The molecule has 0 saturated carbocycles. The number of benzene rings is 2. The van der Waals surface area contributed by atoms with Crippen molar-refractivity contribution in [1.82, 2.24) is 0 Å². The molecule has 0 aliphatic heterocycles. The fraction of sp³-hybridized carbons (Fsp3) is 0. The van der Waals surface area contributed by atoms with Gasteiger partial charge in [-0.3, -0.25) is 0 Å². The smallest absolute Gasteiger partial charge is 0.0894 e. The third kappa shape index (κ3) is 6.41. The van der Waals surface area contributed by atoms with Crippen LogP contribution in [-0.4, -0.2) is 5.78 Å². The molecule has 0 aliphatic rings. The van der Waals surface area contributed by atoms with Crippen molar-refractivity contribution in [2.45, 2.75) is 0 Å². The van der Waals surface area contributed by atoms with Gasteiger partial charge in [-0.15, -0.1) is 71.8 Å². The molecule has 0 saturated heterocycles. The van der Waals surface area contributed by atoms with Gasteiger partial charge in [0.25, 0.3) is 0 Å². The maximum atomic E-state index is 11.8. The van der Waals surface area contributed by atoms with Crippen molar-refractivity contribution in [3.8, 4) is 0 Å². The molecule has 0 atom stereocenters. The summed E-state index contributed by atoms with van der Waals surface area (Å²) in [6.07, 6.45) is 0. The Morgan fingerprint density at radius 2 is 1.18 bits per heavy atom. The molecule has 0 spiro atoms. The zero-order valence-electron chi connectivity index (χ0n) is 9.26. The van der Waals surface area contributed by atoms with Gasteiger partial charge in [-0.05, 0) is 0 Å². The molecule has 0 aromatic heterocycles. The molecule has 1 nitrogen and oxygen atoms in total. The molecule has 4 heteroatoms. The molecule has 0 fully saturated rings. The summed E-state index contributed by atoms with van der Waals surface area (Å²) in [5.74, 6) is -0.0359. The molecule has 2 aromatic rings. The monoisotopic (exact) mass is 447 g/mol. The van der Waals surface area contributed by atoms with Crippen LogP contribution < -0.4 is 0 Å². The largest absolute Gasteiger partial charge is 0.348 e. The Bertz CT molecular complexity index is 387. The van der Waals surface area contributed by atoms with E-state index < -0.39 is 0 Å². The van der Waals surface area contributed by atoms with Gasteiger partial charge in [0.1, 0.15) is 0 Å². The summed E-state index contributed by atoms with van der Waals surface area (Å²) in [5, 5.41) is 0. The molecule has 0 bridgehead atoms. The third-order valence-electron chi connectivity index (χ3n) is 1.91. The average Bonchev–Trinajstić information content (AvgIpc) is 2.30. The Hall–Kier alpha value is 1.42. The van der Waals surface area contributed by atoms with Crippen molar-refractivity contribution in [1.29, 1.82) is 0 Å². The second kappa shape index (κ2) is 11.3. The van der Waals surface area contributed by atoms with Crippen LogP contribution in [0, 0.1) is 12.1 Å². The zero-order chi connectivity index (χ0) is 9.80. The minimum Gasteiger partial charge on any atom is -0.348 e. The minimum absolute atomic E-state index is 0. The molecule has 0 amide bonds. The van der Waals surface area contributed by atoms with Gasteiger partial charge in [0.05, 0.1) is 5.78 Å². The Balaban J connectivity index is 0. The Morgan fingerprint density at radius 3 is 1.47 bits per heavy atom. The summed E-state index contributed by atoms with van der Waals surface area (Å²) < 4.78 is 0. The van der Waals surface area contributed by atoms with Crippen molar-refractivity contribution in [3.05, 3.63) is 71.8 Å². The van der Waals surface area contributed by atoms with Gasteiger partial charge >= 0.3 is 0 Å². The van der Waals surface area contributed by atoms with Crippen molar-refractivity contribution >= 4 is 5.78 Å². The number of hydrogen-bond acceptors (Lipinski definition) is 1. The molecule has 2 aromatic carbocycles. The first kappa shape index (κ1) is 20.7. The molecule has 0 unspecified atom stereocenters. The SMILES string of the molecule is O=C(c1[c-]cccc1)c1[c-]cccc1.[Y].[Y].[Y]. The van der Waals surface area contributed by atoms with Crippen LogP contribution in [0.15, 0.2) is 48.5 Å². The molecule has 77 valence electrons. The Morgan fingerprint density at radius 1 is 0.765 bits per heavy atom. The van der Waals surface area contributed by atoms with Gasteiger partial charge in [-0.25, -0.2) is 0 Å². The second-order valence-electron chi connectivity index (χ2n) is 2.88. The molecule has 2 rings (SSSR count). The molecule has 17 heavy (non-hydrogen) atoms. The van der Waals surface area contributed by atoms with Gasteiger partial charge in [0.2, 0.25) is 0 Å². The zero-order valence-corrected chi connectivity index (χ0v) is 17.8. The summed E-state index contributed by atoms with van der Waals surface area (Å²) in [4.78, 5) is 11.8. The third-order valence-corrected chi connectivity index (χ3v) is 1.91. The molecule has 0 heterocycles. The van der Waals surface area contributed by atoms with E-state index in [9.17, 15) is 4.79 Å². The first-order valence-electron chi connectivity index (χ1n) is 4.36. The van der Waals surface area contributed by atoms with Crippen LogP contribution in [0.2, 0.25) is 0 Å². The summed E-state index contributed by atoms with van der Waals surface area (Å²) in [7, 11) is 0. The van der Waals surface area contributed by atoms with E-state index >= 15 is 0 Å². The molecule has 0 N–H and O–H groups in total. The van der Waals surface area contributed by atoms with E-state index in [4.69, 9.17) is 0 Å². The summed E-state index contributed by atoms with van der Waals surface area (Å²) >= 11 is 0. The van der Waals surface area contributed by atoms with Gasteiger partial charge in [-0.1, -0.05) is 0 Å². The van der Waals surface area contributed by atoms with E-state index in [-0.39, 0.29) is 104 Å². The number of rotatable bonds is 2. The topological polar surface area (TPSA) is 17.1 Å². The predicted octanol–water partition coefficient (Wildman–Crippen LogP) is 2.51. The van der Waals surface area contributed by atoms with Crippen molar-refractivity contribution in [3.63, 3.8) is 0 Å². The average molecular weight is 447 g/mol. The van der Waals surface area contributed by atoms with Crippen LogP contribution >= 0.6 is 0 Å². The Kier molecular flexibility index (Phi) is 13.7. The van der Waals surface area contributed by atoms with Crippen LogP contribution in [0.5, 0.6) is 0 Å². The number of carbonyl (C=O) groups is 1. The van der Waals surface area contributed by atoms with Crippen molar-refractivity contribution < 1.29 is 103 Å². The van der Waals surface area contributed by atoms with Crippen molar-refractivity contribution in [2.24, 2.45) is 0 Å². The maximum Gasteiger partial charge on any atom is 0.0894 e. The van der Waals surface area contributed by atoms with Crippen LogP contribution in [-0.2, 0) is 98.1 Å². The number of ketones is 1. The summed E-state index contributed by atoms with van der Waals surface area (Å²) in [5.41, 5.74) is 1.16. The normalized spacial score (nSPS) is 8.00. The van der Waals surface area contributed by atoms with E-state index in [1.54, 1.807) is 24.3 Å². The van der Waals surface area contributed by atoms with E-state index in [1.165, 1.54) is 0 Å². The van der Waals surface area contributed by atoms with Crippen LogP contribution in [0.3, 0.4) is 0 Å².